The molecule has 0 aromatic heterocycles. The monoisotopic (exact) mass is 344 g/mol. The molecule has 0 unspecified atom stereocenters. The van der Waals surface area contributed by atoms with Crippen molar-refractivity contribution in [2.24, 2.45) is 5.92 Å². The second-order valence-electron chi connectivity index (χ2n) is 6.70. The highest BCUT2D eigenvalue weighted by atomic mass is 16.6. The average Bonchev–Trinajstić information content (AvgIpc) is 2.98. The van der Waals surface area contributed by atoms with Crippen molar-refractivity contribution >= 4 is 17.9 Å². The van der Waals surface area contributed by atoms with Crippen LogP contribution in [0, 0.1) is 5.92 Å². The summed E-state index contributed by atoms with van der Waals surface area (Å²) in [6, 6.07) is 0. The van der Waals surface area contributed by atoms with Crippen molar-refractivity contribution in [2.45, 2.75) is 45.0 Å². The highest BCUT2D eigenvalue weighted by molar-refractivity contribution is 5.93. The van der Waals surface area contributed by atoms with Crippen LogP contribution in [0.3, 0.4) is 0 Å². The highest BCUT2D eigenvalue weighted by Gasteiger charge is 2.46. The van der Waals surface area contributed by atoms with Crippen molar-refractivity contribution in [3.05, 3.63) is 47.6 Å². The van der Waals surface area contributed by atoms with Crippen molar-refractivity contribution in [3.8, 4) is 0 Å². The van der Waals surface area contributed by atoms with E-state index in [2.05, 4.69) is 13.2 Å². The first-order valence-electron chi connectivity index (χ1n) is 8.11. The van der Waals surface area contributed by atoms with Gasteiger partial charge in [0.15, 0.2) is 0 Å². The van der Waals surface area contributed by atoms with Crippen molar-refractivity contribution in [2.75, 3.05) is 0 Å². The Labute approximate surface area is 145 Å². The van der Waals surface area contributed by atoms with Crippen LogP contribution >= 0.6 is 0 Å². The first kappa shape index (κ1) is 17.2. The maximum absolute atomic E-state index is 12.1. The molecule has 0 aromatic carbocycles. The molecule has 1 fully saturated rings. The smallest absolute Gasteiger partial charge is 0.334 e. The fourth-order valence-electron chi connectivity index (χ4n) is 3.33. The predicted molar refractivity (Wildman–Crippen MR) is 88.2 cm³/mol. The van der Waals surface area contributed by atoms with Crippen LogP contribution in [0.15, 0.2) is 47.6 Å². The molecule has 0 amide bonds. The van der Waals surface area contributed by atoms with Crippen LogP contribution in [0.5, 0.6) is 0 Å². The highest BCUT2D eigenvalue weighted by Crippen LogP contribution is 2.38. The zero-order valence-electron chi connectivity index (χ0n) is 14.2. The number of hydrogen-bond acceptors (Lipinski definition) is 6. The Hall–Kier alpha value is -2.63. The largest absolute Gasteiger partial charge is 0.458 e. The number of carbonyl (C=O) groups is 3. The lowest BCUT2D eigenvalue weighted by Gasteiger charge is -2.26. The molecule has 1 saturated heterocycles. The number of carbonyl (C=O) groups excluding carboxylic acids is 3. The van der Waals surface area contributed by atoms with Crippen LogP contribution in [0.2, 0.25) is 0 Å². The van der Waals surface area contributed by atoms with Crippen LogP contribution in [0.4, 0.5) is 0 Å². The molecule has 2 bridgehead atoms. The minimum absolute atomic E-state index is 0.137. The lowest BCUT2D eigenvalue weighted by atomic mass is 9.85. The Bertz CT molecular complexity index is 741. The Morgan fingerprint density at radius 1 is 1.20 bits per heavy atom. The molecule has 2 aliphatic heterocycles. The molecule has 0 radical (unpaired) electrons. The molecule has 0 spiro atoms. The Morgan fingerprint density at radius 3 is 2.60 bits per heavy atom. The molecule has 3 aliphatic rings. The number of rotatable bonds is 2. The summed E-state index contributed by atoms with van der Waals surface area (Å²) in [6.07, 6.45) is 2.52. The van der Waals surface area contributed by atoms with Gasteiger partial charge in [0.2, 0.25) is 0 Å². The van der Waals surface area contributed by atoms with E-state index in [1.807, 2.05) is 13.0 Å². The van der Waals surface area contributed by atoms with Crippen molar-refractivity contribution in [3.63, 3.8) is 0 Å². The van der Waals surface area contributed by atoms with E-state index in [-0.39, 0.29) is 23.7 Å². The Morgan fingerprint density at radius 2 is 1.92 bits per heavy atom. The zero-order chi connectivity index (χ0) is 18.3. The topological polar surface area (TPSA) is 78.9 Å². The van der Waals surface area contributed by atoms with E-state index in [1.54, 1.807) is 6.08 Å². The van der Waals surface area contributed by atoms with Crippen LogP contribution < -0.4 is 0 Å². The lowest BCUT2D eigenvalue weighted by molar-refractivity contribution is -0.148. The van der Waals surface area contributed by atoms with Gasteiger partial charge in [-0.25, -0.2) is 14.4 Å². The zero-order valence-corrected chi connectivity index (χ0v) is 14.2. The van der Waals surface area contributed by atoms with Crippen LogP contribution in [-0.4, -0.2) is 36.2 Å². The van der Waals surface area contributed by atoms with Gasteiger partial charge in [-0.3, -0.25) is 0 Å². The summed E-state index contributed by atoms with van der Waals surface area (Å²) < 4.78 is 16.3. The van der Waals surface area contributed by atoms with Gasteiger partial charge in [-0.15, -0.1) is 0 Å². The first-order chi connectivity index (χ1) is 11.8. The van der Waals surface area contributed by atoms with E-state index in [4.69, 9.17) is 14.2 Å². The summed E-state index contributed by atoms with van der Waals surface area (Å²) in [5.74, 6) is -2.09. The van der Waals surface area contributed by atoms with E-state index >= 15 is 0 Å². The third kappa shape index (κ3) is 3.29. The normalized spacial score (nSPS) is 33.4. The number of fused-ring (bicyclic) bond motifs is 2. The number of esters is 3. The van der Waals surface area contributed by atoms with Gasteiger partial charge in [-0.1, -0.05) is 18.7 Å². The van der Waals surface area contributed by atoms with Gasteiger partial charge >= 0.3 is 17.9 Å². The SMILES string of the molecule is C=C(C)C(=O)O[C@@H]1CC2=C[C@@H](C/C(C)=C\[C@H]3OC(=O)C(=C)[C@H]31)OC2=O. The summed E-state index contributed by atoms with van der Waals surface area (Å²) in [5.41, 5.74) is 1.82. The van der Waals surface area contributed by atoms with E-state index in [0.29, 0.717) is 12.0 Å². The first-order valence-corrected chi connectivity index (χ1v) is 8.11. The van der Waals surface area contributed by atoms with Gasteiger partial charge in [0.05, 0.1) is 5.92 Å². The molecule has 132 valence electrons. The van der Waals surface area contributed by atoms with Crippen molar-refractivity contribution in [1.82, 2.24) is 0 Å². The average molecular weight is 344 g/mol. The molecule has 25 heavy (non-hydrogen) atoms. The molecular weight excluding hydrogens is 324 g/mol. The van der Waals surface area contributed by atoms with E-state index in [1.165, 1.54) is 6.92 Å². The minimum atomic E-state index is -0.771. The molecule has 0 saturated carbocycles. The van der Waals surface area contributed by atoms with Gasteiger partial charge in [0.25, 0.3) is 0 Å². The summed E-state index contributed by atoms with van der Waals surface area (Å²) in [5, 5.41) is 0. The minimum Gasteiger partial charge on any atom is -0.458 e. The quantitative estimate of drug-likeness (QED) is 0.331. The summed E-state index contributed by atoms with van der Waals surface area (Å²) in [6.45, 7) is 10.8. The number of hydrogen-bond donors (Lipinski definition) is 0. The molecule has 6 heteroatoms. The fourth-order valence-corrected chi connectivity index (χ4v) is 3.33. The maximum atomic E-state index is 12.1. The van der Waals surface area contributed by atoms with E-state index in [0.717, 1.165) is 5.57 Å². The third-order valence-corrected chi connectivity index (χ3v) is 4.57. The molecule has 0 N–H and O–H groups in total. The molecular formula is C19H20O6. The van der Waals surface area contributed by atoms with Gasteiger partial charge < -0.3 is 14.2 Å². The molecule has 4 atom stereocenters. The summed E-state index contributed by atoms with van der Waals surface area (Å²) in [4.78, 5) is 36.2. The van der Waals surface area contributed by atoms with E-state index in [9.17, 15) is 14.4 Å². The Balaban J connectivity index is 2.01. The molecule has 2 heterocycles. The van der Waals surface area contributed by atoms with Gasteiger partial charge in [-0.05, 0) is 26.0 Å². The second-order valence-corrected chi connectivity index (χ2v) is 6.70. The van der Waals surface area contributed by atoms with Crippen LogP contribution in [0.1, 0.15) is 26.7 Å². The third-order valence-electron chi connectivity index (χ3n) is 4.57. The lowest BCUT2D eigenvalue weighted by Crippen LogP contribution is -2.34. The summed E-state index contributed by atoms with van der Waals surface area (Å²) >= 11 is 0. The fraction of sp³-hybridized carbons (Fsp3) is 0.421. The molecule has 3 rings (SSSR count). The van der Waals surface area contributed by atoms with Crippen molar-refractivity contribution < 1.29 is 28.6 Å². The summed E-state index contributed by atoms with van der Waals surface area (Å²) in [7, 11) is 0. The van der Waals surface area contributed by atoms with Gasteiger partial charge in [0, 0.05) is 29.6 Å². The molecule has 0 aromatic rings. The predicted octanol–water partition coefficient (Wildman–Crippen LogP) is 2.16. The Kier molecular flexibility index (Phi) is 4.37. The maximum Gasteiger partial charge on any atom is 0.334 e. The van der Waals surface area contributed by atoms with Gasteiger partial charge in [-0.2, -0.15) is 0 Å². The van der Waals surface area contributed by atoms with Crippen LogP contribution in [0.25, 0.3) is 0 Å². The van der Waals surface area contributed by atoms with Crippen LogP contribution in [-0.2, 0) is 28.6 Å². The van der Waals surface area contributed by atoms with Gasteiger partial charge in [0.1, 0.15) is 18.3 Å². The van der Waals surface area contributed by atoms with Crippen molar-refractivity contribution in [1.29, 1.82) is 0 Å². The standard InChI is InChI=1S/C19H20O6/c1-9(2)17(20)24-15-8-12-7-13(23-19(12)22)5-10(3)6-14-16(15)11(4)18(21)25-14/h6-7,13-16H,1,4-5,8H2,2-3H3/b10-6-/t13-,14-,15-,16-/m1/s1. The van der Waals surface area contributed by atoms with E-state index < -0.39 is 36.0 Å². The molecule has 6 nitrogen and oxygen atoms in total. The molecule has 1 aliphatic carbocycles. The second kappa shape index (κ2) is 6.35. The number of ether oxygens (including phenoxy) is 3.